The molecule has 0 amide bonds. The monoisotopic (exact) mass is 277 g/mol. The molecular weight excluding hydrogens is 254 g/mol. The highest BCUT2D eigenvalue weighted by Crippen LogP contribution is 2.12. The third-order valence-corrected chi connectivity index (χ3v) is 3.20. The Labute approximate surface area is 109 Å². The number of hydrogen-bond donors (Lipinski definition) is 0. The zero-order valence-electron chi connectivity index (χ0n) is 11.2. The molecule has 0 aromatic carbocycles. The van der Waals surface area contributed by atoms with E-state index in [0.717, 1.165) is 25.5 Å². The van der Waals surface area contributed by atoms with Gasteiger partial charge in [0.25, 0.3) is 10.1 Å². The Hall–Kier alpha value is -0.780. The first-order valence-corrected chi connectivity index (χ1v) is 8.20. The van der Waals surface area contributed by atoms with Gasteiger partial charge in [0.1, 0.15) is 0 Å². The Kier molecular flexibility index (Phi) is 9.73. The first-order chi connectivity index (χ1) is 8.49. The smallest absolute Gasteiger partial charge is 0.264 e. The molecule has 0 aliphatic rings. The van der Waals surface area contributed by atoms with Crippen molar-refractivity contribution in [2.45, 2.75) is 57.9 Å². The highest BCUT2D eigenvalue weighted by atomic mass is 32.2. The van der Waals surface area contributed by atoms with Crippen LogP contribution in [0.25, 0.3) is 10.4 Å². The minimum Gasteiger partial charge on any atom is -0.270 e. The average molecular weight is 277 g/mol. The van der Waals surface area contributed by atoms with Gasteiger partial charge in [0.05, 0.1) is 12.9 Å². The molecule has 0 saturated carbocycles. The zero-order valence-corrected chi connectivity index (χ0v) is 12.0. The van der Waals surface area contributed by atoms with Crippen molar-refractivity contribution in [3.05, 3.63) is 10.4 Å². The Morgan fingerprint density at radius 1 is 1.22 bits per heavy atom. The van der Waals surface area contributed by atoms with Gasteiger partial charge in [0.2, 0.25) is 0 Å². The van der Waals surface area contributed by atoms with E-state index in [1.165, 1.54) is 19.3 Å². The van der Waals surface area contributed by atoms with E-state index >= 15 is 0 Å². The second kappa shape index (κ2) is 10.2. The van der Waals surface area contributed by atoms with Gasteiger partial charge >= 0.3 is 0 Å². The second-order valence-electron chi connectivity index (χ2n) is 4.38. The first kappa shape index (κ1) is 17.2. The van der Waals surface area contributed by atoms with Crippen molar-refractivity contribution in [1.29, 1.82) is 0 Å². The average Bonchev–Trinajstić information content (AvgIpc) is 2.27. The molecule has 0 N–H and O–H groups in total. The molecule has 1 atom stereocenters. The van der Waals surface area contributed by atoms with Crippen molar-refractivity contribution in [2.24, 2.45) is 5.11 Å². The van der Waals surface area contributed by atoms with E-state index < -0.39 is 10.1 Å². The van der Waals surface area contributed by atoms with Crippen LogP contribution in [0.15, 0.2) is 5.11 Å². The van der Waals surface area contributed by atoms with Crippen LogP contribution in [0, 0.1) is 0 Å². The van der Waals surface area contributed by atoms with Crippen molar-refractivity contribution in [2.75, 3.05) is 12.9 Å². The molecule has 0 heterocycles. The molecule has 18 heavy (non-hydrogen) atoms. The van der Waals surface area contributed by atoms with Gasteiger partial charge in [0, 0.05) is 11.0 Å². The maximum absolute atomic E-state index is 10.8. The lowest BCUT2D eigenvalue weighted by Gasteiger charge is -2.10. The lowest BCUT2D eigenvalue weighted by atomic mass is 10.1. The molecule has 0 fully saturated rings. The topological polar surface area (TPSA) is 92.1 Å². The fourth-order valence-corrected chi connectivity index (χ4v) is 2.05. The summed E-state index contributed by atoms with van der Waals surface area (Å²) in [4.78, 5) is 2.79. The summed E-state index contributed by atoms with van der Waals surface area (Å²) >= 11 is 0. The van der Waals surface area contributed by atoms with Gasteiger partial charge in [0.15, 0.2) is 0 Å². The fourth-order valence-electron chi connectivity index (χ4n) is 1.65. The van der Waals surface area contributed by atoms with Gasteiger partial charge in [-0.1, -0.05) is 44.1 Å². The number of azide groups is 1. The van der Waals surface area contributed by atoms with Gasteiger partial charge in [-0.25, -0.2) is 0 Å². The maximum Gasteiger partial charge on any atom is 0.264 e. The molecule has 0 aliphatic carbocycles. The maximum atomic E-state index is 10.8. The van der Waals surface area contributed by atoms with E-state index in [1.807, 2.05) is 0 Å². The van der Waals surface area contributed by atoms with Crippen LogP contribution < -0.4 is 0 Å². The molecule has 0 bridgehead atoms. The third-order valence-electron chi connectivity index (χ3n) is 2.60. The highest BCUT2D eigenvalue weighted by Gasteiger charge is 2.08. The molecule has 0 unspecified atom stereocenters. The van der Waals surface area contributed by atoms with Crippen LogP contribution in [-0.2, 0) is 14.3 Å². The summed E-state index contributed by atoms with van der Waals surface area (Å²) < 4.78 is 26.2. The summed E-state index contributed by atoms with van der Waals surface area (Å²) in [5, 5.41) is 3.67. The quantitative estimate of drug-likeness (QED) is 0.190. The van der Waals surface area contributed by atoms with E-state index in [-0.39, 0.29) is 12.6 Å². The van der Waals surface area contributed by atoms with Gasteiger partial charge in [-0.2, -0.15) is 8.42 Å². The molecule has 0 radical (unpaired) electrons. The molecule has 7 heteroatoms. The highest BCUT2D eigenvalue weighted by molar-refractivity contribution is 7.85. The lowest BCUT2D eigenvalue weighted by molar-refractivity contribution is 0.298. The normalized spacial score (nSPS) is 13.0. The summed E-state index contributed by atoms with van der Waals surface area (Å²) in [6.07, 6.45) is 8.00. The summed E-state index contributed by atoms with van der Waals surface area (Å²) in [6, 6.07) is -0.168. The molecule has 0 spiro atoms. The van der Waals surface area contributed by atoms with Crippen LogP contribution in [0.5, 0.6) is 0 Å². The summed E-state index contributed by atoms with van der Waals surface area (Å²) in [5.41, 5.74) is 8.44. The minimum atomic E-state index is -3.40. The number of unbranched alkanes of at least 4 members (excludes halogenated alkanes) is 4. The molecule has 106 valence electrons. The molecule has 6 nitrogen and oxygen atoms in total. The van der Waals surface area contributed by atoms with Gasteiger partial charge in [-0.15, -0.1) is 0 Å². The van der Waals surface area contributed by atoms with Gasteiger partial charge in [-0.3, -0.25) is 4.18 Å². The molecule has 0 aromatic rings. The first-order valence-electron chi connectivity index (χ1n) is 6.38. The largest absolute Gasteiger partial charge is 0.270 e. The van der Waals surface area contributed by atoms with Crippen LogP contribution in [0.4, 0.5) is 0 Å². The summed E-state index contributed by atoms with van der Waals surface area (Å²) in [6.45, 7) is 2.24. The number of rotatable bonds is 11. The molecular formula is C11H23N3O3S. The Bertz CT molecular complexity index is 351. The predicted octanol–water partition coefficient (Wildman–Crippen LogP) is 3.39. The standard InChI is InChI=1S/C11H23N3O3S/c1-3-4-5-6-7-8-11(13-14-12)9-10-17-18(2,15)16/h11H,3-10H2,1-2H3/t11-/m1/s1. The molecule has 0 aliphatic heterocycles. The second-order valence-corrected chi connectivity index (χ2v) is 6.02. The fraction of sp³-hybridized carbons (Fsp3) is 1.00. The van der Waals surface area contributed by atoms with Crippen LogP contribution in [0.1, 0.15) is 51.9 Å². The third kappa shape index (κ3) is 11.7. The van der Waals surface area contributed by atoms with Crippen LogP contribution in [-0.4, -0.2) is 27.3 Å². The van der Waals surface area contributed by atoms with Crippen LogP contribution >= 0.6 is 0 Å². The summed E-state index contributed by atoms with van der Waals surface area (Å²) in [7, 11) is -3.40. The molecule has 0 saturated heterocycles. The Morgan fingerprint density at radius 3 is 2.44 bits per heavy atom. The van der Waals surface area contributed by atoms with Gasteiger partial charge in [-0.05, 0) is 18.4 Å². The number of hydrogen-bond acceptors (Lipinski definition) is 4. The summed E-state index contributed by atoms with van der Waals surface area (Å²) in [5.74, 6) is 0. The van der Waals surface area contributed by atoms with Crippen LogP contribution in [0.3, 0.4) is 0 Å². The van der Waals surface area contributed by atoms with Crippen molar-refractivity contribution in [3.63, 3.8) is 0 Å². The Morgan fingerprint density at radius 2 is 1.89 bits per heavy atom. The SMILES string of the molecule is CCCCCCC[C@H](CCOS(C)(=O)=O)N=[N+]=[N-]. The Balaban J connectivity index is 3.82. The van der Waals surface area contributed by atoms with Gasteiger partial charge < -0.3 is 0 Å². The van der Waals surface area contributed by atoms with E-state index in [0.29, 0.717) is 6.42 Å². The molecule has 0 aromatic heterocycles. The van der Waals surface area contributed by atoms with E-state index in [2.05, 4.69) is 21.1 Å². The van der Waals surface area contributed by atoms with Crippen LogP contribution in [0.2, 0.25) is 0 Å². The van der Waals surface area contributed by atoms with Crippen molar-refractivity contribution in [1.82, 2.24) is 0 Å². The minimum absolute atomic E-state index is 0.0808. The van der Waals surface area contributed by atoms with Crippen molar-refractivity contribution in [3.8, 4) is 0 Å². The van der Waals surface area contributed by atoms with Crippen molar-refractivity contribution < 1.29 is 12.6 Å². The van der Waals surface area contributed by atoms with Crippen molar-refractivity contribution >= 4 is 10.1 Å². The predicted molar refractivity (Wildman–Crippen MR) is 71.7 cm³/mol. The van der Waals surface area contributed by atoms with E-state index in [9.17, 15) is 8.42 Å². The van der Waals surface area contributed by atoms with E-state index in [1.54, 1.807) is 0 Å². The van der Waals surface area contributed by atoms with E-state index in [4.69, 9.17) is 5.53 Å². The molecule has 0 rings (SSSR count). The number of nitrogens with zero attached hydrogens (tertiary/aromatic N) is 3. The zero-order chi connectivity index (χ0) is 13.9. The lowest BCUT2D eigenvalue weighted by Crippen LogP contribution is -2.11.